The SMILES string of the molecule is CC(C)[C@@H]1CC[C@@H](C)C[C@H]1OC(=O)[C@H]1C(C)C(=O)N1Cc1ccccc1. The van der Waals surface area contributed by atoms with E-state index in [1.54, 1.807) is 4.90 Å². The molecule has 2 fully saturated rings. The zero-order chi connectivity index (χ0) is 18.8. The maximum atomic E-state index is 12.9. The van der Waals surface area contributed by atoms with Crippen LogP contribution in [-0.4, -0.2) is 28.9 Å². The lowest BCUT2D eigenvalue weighted by Crippen LogP contribution is -2.63. The number of carbonyl (C=O) groups excluding carboxylic acids is 2. The number of amides is 1. The van der Waals surface area contributed by atoms with E-state index in [4.69, 9.17) is 4.74 Å². The Hall–Kier alpha value is -1.84. The van der Waals surface area contributed by atoms with E-state index >= 15 is 0 Å². The van der Waals surface area contributed by atoms with Crippen molar-refractivity contribution >= 4 is 11.9 Å². The Balaban J connectivity index is 1.68. The van der Waals surface area contributed by atoms with Crippen molar-refractivity contribution in [2.45, 2.75) is 65.6 Å². The van der Waals surface area contributed by atoms with Gasteiger partial charge in [0.1, 0.15) is 12.1 Å². The monoisotopic (exact) mass is 357 g/mol. The number of β-lactam (4-membered cyclic amide) rings is 1. The Kier molecular flexibility index (Phi) is 5.69. The lowest BCUT2D eigenvalue weighted by molar-refractivity contribution is -0.181. The van der Waals surface area contributed by atoms with Gasteiger partial charge < -0.3 is 9.64 Å². The molecule has 1 unspecified atom stereocenters. The molecule has 142 valence electrons. The van der Waals surface area contributed by atoms with Crippen LogP contribution in [-0.2, 0) is 20.9 Å². The second-order valence-electron chi connectivity index (χ2n) is 8.49. The Labute approximate surface area is 156 Å². The molecule has 1 saturated carbocycles. The van der Waals surface area contributed by atoms with Crippen molar-refractivity contribution in [3.8, 4) is 0 Å². The molecule has 1 aromatic carbocycles. The van der Waals surface area contributed by atoms with Crippen molar-refractivity contribution in [1.29, 1.82) is 0 Å². The molecule has 1 aliphatic heterocycles. The first-order chi connectivity index (χ1) is 12.4. The van der Waals surface area contributed by atoms with E-state index in [2.05, 4.69) is 20.8 Å². The first-order valence-corrected chi connectivity index (χ1v) is 9.93. The standard InChI is InChI=1S/C22H31NO3/c1-14(2)18-11-10-15(3)12-19(18)26-22(25)20-16(4)21(24)23(20)13-17-8-6-5-7-9-17/h5-9,14-16,18-20H,10-13H2,1-4H3/t15-,16?,18+,19-,20-/m1/s1. The second kappa shape index (κ2) is 7.81. The molecular weight excluding hydrogens is 326 g/mol. The summed E-state index contributed by atoms with van der Waals surface area (Å²) >= 11 is 0. The van der Waals surface area contributed by atoms with Crippen molar-refractivity contribution in [2.24, 2.45) is 23.7 Å². The Morgan fingerprint density at radius 2 is 1.88 bits per heavy atom. The van der Waals surface area contributed by atoms with E-state index < -0.39 is 6.04 Å². The average molecular weight is 357 g/mol. The number of carbonyl (C=O) groups is 2. The van der Waals surface area contributed by atoms with Crippen LogP contribution >= 0.6 is 0 Å². The van der Waals surface area contributed by atoms with Crippen LogP contribution in [0.5, 0.6) is 0 Å². The minimum absolute atomic E-state index is 0.0206. The molecule has 1 aromatic rings. The molecule has 1 aliphatic carbocycles. The molecule has 0 aromatic heterocycles. The maximum absolute atomic E-state index is 12.9. The molecule has 0 spiro atoms. The van der Waals surface area contributed by atoms with E-state index in [-0.39, 0.29) is 23.9 Å². The number of esters is 1. The maximum Gasteiger partial charge on any atom is 0.329 e. The molecule has 1 heterocycles. The zero-order valence-electron chi connectivity index (χ0n) is 16.4. The molecule has 3 rings (SSSR count). The van der Waals surface area contributed by atoms with Crippen molar-refractivity contribution in [3.05, 3.63) is 35.9 Å². The Bertz CT molecular complexity index is 642. The van der Waals surface area contributed by atoms with E-state index in [1.165, 1.54) is 6.42 Å². The molecular formula is C22H31NO3. The third-order valence-electron chi connectivity index (χ3n) is 6.15. The highest BCUT2D eigenvalue weighted by Crippen LogP contribution is 2.37. The quantitative estimate of drug-likeness (QED) is 0.590. The second-order valence-corrected chi connectivity index (χ2v) is 8.49. The summed E-state index contributed by atoms with van der Waals surface area (Å²) in [6, 6.07) is 9.37. The highest BCUT2D eigenvalue weighted by molar-refractivity contribution is 5.96. The number of hydrogen-bond acceptors (Lipinski definition) is 3. The summed E-state index contributed by atoms with van der Waals surface area (Å²) in [6.07, 6.45) is 3.23. The summed E-state index contributed by atoms with van der Waals surface area (Å²) in [5.74, 6) is 1.03. The molecule has 1 saturated heterocycles. The summed E-state index contributed by atoms with van der Waals surface area (Å²) in [5, 5.41) is 0. The van der Waals surface area contributed by atoms with Gasteiger partial charge in [-0.25, -0.2) is 4.79 Å². The summed E-state index contributed by atoms with van der Waals surface area (Å²) in [5.41, 5.74) is 1.04. The summed E-state index contributed by atoms with van der Waals surface area (Å²) < 4.78 is 5.99. The Morgan fingerprint density at radius 3 is 2.54 bits per heavy atom. The van der Waals surface area contributed by atoms with Gasteiger partial charge in [-0.1, -0.05) is 64.4 Å². The molecule has 4 heteroatoms. The van der Waals surface area contributed by atoms with Crippen molar-refractivity contribution in [1.82, 2.24) is 4.90 Å². The van der Waals surface area contributed by atoms with Crippen LogP contribution < -0.4 is 0 Å². The van der Waals surface area contributed by atoms with E-state index in [1.807, 2.05) is 37.3 Å². The summed E-state index contributed by atoms with van der Waals surface area (Å²) in [7, 11) is 0. The van der Waals surface area contributed by atoms with Crippen LogP contribution in [0.3, 0.4) is 0 Å². The third kappa shape index (κ3) is 3.79. The number of ether oxygens (including phenoxy) is 1. The molecule has 1 amide bonds. The third-order valence-corrected chi connectivity index (χ3v) is 6.15. The van der Waals surface area contributed by atoms with Gasteiger partial charge >= 0.3 is 5.97 Å². The van der Waals surface area contributed by atoms with Crippen molar-refractivity contribution in [3.63, 3.8) is 0 Å². The summed E-state index contributed by atoms with van der Waals surface area (Å²) in [4.78, 5) is 26.9. The fourth-order valence-corrected chi connectivity index (χ4v) is 4.48. The lowest BCUT2D eigenvalue weighted by atomic mass is 9.75. The molecule has 5 atom stereocenters. The fourth-order valence-electron chi connectivity index (χ4n) is 4.48. The lowest BCUT2D eigenvalue weighted by Gasteiger charge is -2.45. The number of hydrogen-bond donors (Lipinski definition) is 0. The normalized spacial score (nSPS) is 31.7. The van der Waals surface area contributed by atoms with Gasteiger partial charge in [-0.3, -0.25) is 4.79 Å². The van der Waals surface area contributed by atoms with Gasteiger partial charge in [0.15, 0.2) is 0 Å². The van der Waals surface area contributed by atoms with E-state index in [0.29, 0.717) is 24.3 Å². The van der Waals surface area contributed by atoms with Gasteiger partial charge in [0, 0.05) is 6.54 Å². The summed E-state index contributed by atoms with van der Waals surface area (Å²) in [6.45, 7) is 8.95. The van der Waals surface area contributed by atoms with Crippen LogP contribution in [0, 0.1) is 23.7 Å². The minimum Gasteiger partial charge on any atom is -0.461 e. The Morgan fingerprint density at radius 1 is 1.19 bits per heavy atom. The van der Waals surface area contributed by atoms with Gasteiger partial charge in [0.2, 0.25) is 5.91 Å². The zero-order valence-corrected chi connectivity index (χ0v) is 16.4. The van der Waals surface area contributed by atoms with Crippen LogP contribution in [0.2, 0.25) is 0 Å². The molecule has 0 radical (unpaired) electrons. The first-order valence-electron chi connectivity index (χ1n) is 9.93. The van der Waals surface area contributed by atoms with Gasteiger partial charge in [0.25, 0.3) is 0 Å². The highest BCUT2D eigenvalue weighted by atomic mass is 16.5. The van der Waals surface area contributed by atoms with Crippen molar-refractivity contribution < 1.29 is 14.3 Å². The van der Waals surface area contributed by atoms with Gasteiger partial charge in [-0.05, 0) is 36.2 Å². The minimum atomic E-state index is -0.451. The molecule has 26 heavy (non-hydrogen) atoms. The largest absolute Gasteiger partial charge is 0.461 e. The van der Waals surface area contributed by atoms with E-state index in [0.717, 1.165) is 18.4 Å². The van der Waals surface area contributed by atoms with Crippen LogP contribution in [0.25, 0.3) is 0 Å². The molecule has 0 N–H and O–H groups in total. The highest BCUT2D eigenvalue weighted by Gasteiger charge is 2.50. The molecule has 0 bridgehead atoms. The fraction of sp³-hybridized carbons (Fsp3) is 0.636. The van der Waals surface area contributed by atoms with Crippen LogP contribution in [0.1, 0.15) is 52.5 Å². The predicted octanol–water partition coefficient (Wildman–Crippen LogP) is 4.04. The molecule has 4 nitrogen and oxygen atoms in total. The van der Waals surface area contributed by atoms with Gasteiger partial charge in [-0.2, -0.15) is 0 Å². The first kappa shape index (κ1) is 18.9. The van der Waals surface area contributed by atoms with Crippen LogP contribution in [0.4, 0.5) is 0 Å². The average Bonchev–Trinajstić information content (AvgIpc) is 2.61. The number of nitrogens with zero attached hydrogens (tertiary/aromatic N) is 1. The van der Waals surface area contributed by atoms with Gasteiger partial charge in [-0.15, -0.1) is 0 Å². The topological polar surface area (TPSA) is 46.6 Å². The van der Waals surface area contributed by atoms with E-state index in [9.17, 15) is 9.59 Å². The van der Waals surface area contributed by atoms with Crippen molar-refractivity contribution in [2.75, 3.05) is 0 Å². The number of benzene rings is 1. The molecule has 2 aliphatic rings. The van der Waals surface area contributed by atoms with Gasteiger partial charge in [0.05, 0.1) is 5.92 Å². The number of rotatable bonds is 5. The smallest absolute Gasteiger partial charge is 0.329 e. The number of likely N-dealkylation sites (tertiary alicyclic amines) is 1. The van der Waals surface area contributed by atoms with Crippen LogP contribution in [0.15, 0.2) is 30.3 Å². The predicted molar refractivity (Wildman–Crippen MR) is 101 cm³/mol.